The van der Waals surface area contributed by atoms with Crippen molar-refractivity contribution < 1.29 is 4.74 Å². The Morgan fingerprint density at radius 3 is 2.35 bits per heavy atom. The summed E-state index contributed by atoms with van der Waals surface area (Å²) in [4.78, 5) is 0.634. The summed E-state index contributed by atoms with van der Waals surface area (Å²) < 4.78 is 5.96. The normalized spacial score (nSPS) is 10.4. The van der Waals surface area contributed by atoms with Gasteiger partial charge in [-0.2, -0.15) is 0 Å². The number of hydrogen-bond donors (Lipinski definition) is 1. The molecule has 132 valence electrons. The highest BCUT2D eigenvalue weighted by atomic mass is 35.5. The zero-order valence-electron chi connectivity index (χ0n) is 13.9. The maximum absolute atomic E-state index is 6.19. The van der Waals surface area contributed by atoms with Gasteiger partial charge in [0.2, 0.25) is 0 Å². The number of thiocarbonyl (C=S) groups is 1. The fraction of sp³-hybridized carbons (Fsp3) is 0.0952. The molecule has 0 aromatic heterocycles. The van der Waals surface area contributed by atoms with Gasteiger partial charge in [-0.1, -0.05) is 77.9 Å². The van der Waals surface area contributed by atoms with Gasteiger partial charge in [0.05, 0.1) is 5.56 Å². The minimum absolute atomic E-state index is 0.385. The van der Waals surface area contributed by atoms with Gasteiger partial charge in [0.15, 0.2) is 0 Å². The van der Waals surface area contributed by atoms with Crippen LogP contribution < -0.4 is 10.1 Å². The molecule has 0 radical (unpaired) electrons. The van der Waals surface area contributed by atoms with Gasteiger partial charge in [0.1, 0.15) is 17.3 Å². The Bertz CT molecular complexity index is 897. The van der Waals surface area contributed by atoms with Crippen molar-refractivity contribution in [2.24, 2.45) is 0 Å². The molecule has 0 saturated heterocycles. The molecule has 0 aliphatic carbocycles. The molecule has 0 fully saturated rings. The second kappa shape index (κ2) is 9.04. The lowest BCUT2D eigenvalue weighted by molar-refractivity contribution is 0.305. The first-order valence-electron chi connectivity index (χ1n) is 8.11. The van der Waals surface area contributed by atoms with Crippen LogP contribution in [0.4, 0.5) is 0 Å². The fourth-order valence-electron chi connectivity index (χ4n) is 2.43. The molecule has 3 aromatic carbocycles. The first-order chi connectivity index (χ1) is 12.6. The number of nitrogens with one attached hydrogen (secondary N) is 1. The van der Waals surface area contributed by atoms with E-state index in [2.05, 4.69) is 5.32 Å². The van der Waals surface area contributed by atoms with Crippen LogP contribution in [0.5, 0.6) is 5.75 Å². The number of rotatable bonds is 6. The third-order valence-electron chi connectivity index (χ3n) is 3.84. The predicted molar refractivity (Wildman–Crippen MR) is 112 cm³/mol. The maximum atomic E-state index is 6.19. The average molecular weight is 402 g/mol. The Balaban J connectivity index is 1.67. The average Bonchev–Trinajstić information content (AvgIpc) is 2.67. The molecule has 0 amide bonds. The van der Waals surface area contributed by atoms with Crippen molar-refractivity contribution in [2.75, 3.05) is 0 Å². The maximum Gasteiger partial charge on any atom is 0.129 e. The summed E-state index contributed by atoms with van der Waals surface area (Å²) in [7, 11) is 0. The van der Waals surface area contributed by atoms with Crippen LogP contribution in [0.15, 0.2) is 72.8 Å². The highest BCUT2D eigenvalue weighted by Crippen LogP contribution is 2.22. The quantitative estimate of drug-likeness (QED) is 0.508. The van der Waals surface area contributed by atoms with E-state index in [4.69, 9.17) is 40.2 Å². The molecule has 5 heteroatoms. The van der Waals surface area contributed by atoms with E-state index in [1.165, 1.54) is 0 Å². The smallest absolute Gasteiger partial charge is 0.129 e. The van der Waals surface area contributed by atoms with Crippen LogP contribution in [-0.4, -0.2) is 4.99 Å². The van der Waals surface area contributed by atoms with E-state index in [1.807, 2.05) is 72.8 Å². The van der Waals surface area contributed by atoms with Crippen molar-refractivity contribution in [1.29, 1.82) is 0 Å². The van der Waals surface area contributed by atoms with E-state index < -0.39 is 0 Å². The summed E-state index contributed by atoms with van der Waals surface area (Å²) in [5.74, 6) is 0.723. The third-order valence-corrected chi connectivity index (χ3v) is 4.82. The first kappa shape index (κ1) is 18.7. The Labute approximate surface area is 168 Å². The van der Waals surface area contributed by atoms with Crippen LogP contribution in [0.25, 0.3) is 0 Å². The zero-order chi connectivity index (χ0) is 18.4. The van der Waals surface area contributed by atoms with Crippen LogP contribution in [0.1, 0.15) is 16.7 Å². The molecule has 1 N–H and O–H groups in total. The number of halogens is 2. The highest BCUT2D eigenvalue weighted by molar-refractivity contribution is 7.80. The van der Waals surface area contributed by atoms with Gasteiger partial charge in [0, 0.05) is 22.2 Å². The molecular formula is C21H17Cl2NOS. The molecule has 3 rings (SSSR count). The molecule has 0 atom stereocenters. The standard InChI is InChI=1S/C21H17Cl2NOS/c22-17-11-9-15(10-12-17)13-24-21(26)18-6-2-4-8-20(18)25-14-16-5-1-3-7-19(16)23/h1-12H,13-14H2,(H,24,26). The van der Waals surface area contributed by atoms with E-state index in [9.17, 15) is 0 Å². The predicted octanol–water partition coefficient (Wildman–Crippen LogP) is 6.04. The summed E-state index contributed by atoms with van der Waals surface area (Å²) in [6.07, 6.45) is 0. The van der Waals surface area contributed by atoms with Crippen molar-refractivity contribution in [3.05, 3.63) is 99.5 Å². The van der Waals surface area contributed by atoms with Crippen LogP contribution in [0.2, 0.25) is 10.0 Å². The molecule has 0 unspecified atom stereocenters. The lowest BCUT2D eigenvalue weighted by Gasteiger charge is -2.14. The summed E-state index contributed by atoms with van der Waals surface area (Å²) in [6.45, 7) is 1.01. The van der Waals surface area contributed by atoms with E-state index >= 15 is 0 Å². The lowest BCUT2D eigenvalue weighted by atomic mass is 10.1. The summed E-state index contributed by atoms with van der Waals surface area (Å²) in [5.41, 5.74) is 2.89. The number of ether oxygens (including phenoxy) is 1. The van der Waals surface area contributed by atoms with Crippen molar-refractivity contribution in [1.82, 2.24) is 5.32 Å². The number of hydrogen-bond acceptors (Lipinski definition) is 2. The molecular weight excluding hydrogens is 385 g/mol. The Morgan fingerprint density at radius 2 is 1.58 bits per heavy atom. The van der Waals surface area contributed by atoms with E-state index in [-0.39, 0.29) is 0 Å². The van der Waals surface area contributed by atoms with Gasteiger partial charge in [-0.3, -0.25) is 0 Å². The Kier molecular flexibility index (Phi) is 6.51. The van der Waals surface area contributed by atoms with Crippen LogP contribution in [-0.2, 0) is 13.2 Å². The first-order valence-corrected chi connectivity index (χ1v) is 9.28. The van der Waals surface area contributed by atoms with E-state index in [1.54, 1.807) is 0 Å². The van der Waals surface area contributed by atoms with Crippen molar-refractivity contribution in [3.8, 4) is 5.75 Å². The van der Waals surface area contributed by atoms with Gasteiger partial charge in [-0.25, -0.2) is 0 Å². The van der Waals surface area contributed by atoms with Gasteiger partial charge in [-0.15, -0.1) is 0 Å². The van der Waals surface area contributed by atoms with Gasteiger partial charge >= 0.3 is 0 Å². The molecule has 2 nitrogen and oxygen atoms in total. The SMILES string of the molecule is S=C(NCc1ccc(Cl)cc1)c1ccccc1OCc1ccccc1Cl. The second-order valence-electron chi connectivity index (χ2n) is 5.69. The summed E-state index contributed by atoms with van der Waals surface area (Å²) in [6, 6.07) is 23.0. The monoisotopic (exact) mass is 401 g/mol. The molecule has 0 aliphatic rings. The van der Waals surface area contributed by atoms with Gasteiger partial charge in [-0.05, 0) is 35.9 Å². The number of benzene rings is 3. The van der Waals surface area contributed by atoms with Crippen molar-refractivity contribution >= 4 is 40.4 Å². The molecule has 0 saturated carbocycles. The van der Waals surface area contributed by atoms with Crippen LogP contribution >= 0.6 is 35.4 Å². The molecule has 0 heterocycles. The fourth-order valence-corrected chi connectivity index (χ4v) is 2.99. The zero-order valence-corrected chi connectivity index (χ0v) is 16.2. The Hall–Kier alpha value is -2.07. The van der Waals surface area contributed by atoms with E-state index in [0.29, 0.717) is 23.2 Å². The summed E-state index contributed by atoms with van der Waals surface area (Å²) >= 11 is 17.7. The van der Waals surface area contributed by atoms with Crippen LogP contribution in [0, 0.1) is 0 Å². The Morgan fingerprint density at radius 1 is 0.885 bits per heavy atom. The third kappa shape index (κ3) is 4.98. The molecule has 26 heavy (non-hydrogen) atoms. The second-order valence-corrected chi connectivity index (χ2v) is 6.94. The topological polar surface area (TPSA) is 21.3 Å². The van der Waals surface area contributed by atoms with Crippen molar-refractivity contribution in [2.45, 2.75) is 13.2 Å². The van der Waals surface area contributed by atoms with E-state index in [0.717, 1.165) is 27.5 Å². The molecule has 3 aromatic rings. The minimum atomic E-state index is 0.385. The largest absolute Gasteiger partial charge is 0.488 e. The number of para-hydroxylation sites is 1. The molecule has 0 aliphatic heterocycles. The van der Waals surface area contributed by atoms with Crippen molar-refractivity contribution in [3.63, 3.8) is 0 Å². The highest BCUT2D eigenvalue weighted by Gasteiger charge is 2.09. The van der Waals surface area contributed by atoms with Crippen LogP contribution in [0.3, 0.4) is 0 Å². The molecule has 0 spiro atoms. The lowest BCUT2D eigenvalue weighted by Crippen LogP contribution is -2.22. The minimum Gasteiger partial charge on any atom is -0.488 e. The van der Waals surface area contributed by atoms with Gasteiger partial charge in [0.25, 0.3) is 0 Å². The summed E-state index contributed by atoms with van der Waals surface area (Å²) in [5, 5.41) is 4.67. The molecule has 0 bridgehead atoms. The van der Waals surface area contributed by atoms with Gasteiger partial charge < -0.3 is 10.1 Å².